The van der Waals surface area contributed by atoms with Crippen LogP contribution in [-0.4, -0.2) is 26.6 Å². The normalized spacial score (nSPS) is 12.4. The van der Waals surface area contributed by atoms with Gasteiger partial charge in [0.15, 0.2) is 5.96 Å². The van der Waals surface area contributed by atoms with Crippen molar-refractivity contribution < 1.29 is 12.9 Å². The van der Waals surface area contributed by atoms with Crippen molar-refractivity contribution in [1.82, 2.24) is 15.8 Å². The highest BCUT2D eigenvalue weighted by atomic mass is 32.2. The highest BCUT2D eigenvalue weighted by Gasteiger charge is 2.14. The average molecular weight is 386 g/mol. The molecule has 2 aromatic heterocycles. The second kappa shape index (κ2) is 8.45. The Labute approximate surface area is 151 Å². The maximum Gasteiger partial charge on any atom is 0.247 e. The molecule has 0 radical (unpaired) electrons. The third-order valence-electron chi connectivity index (χ3n) is 3.61. The molecule has 0 aliphatic carbocycles. The van der Waals surface area contributed by atoms with E-state index in [1.54, 1.807) is 13.1 Å². The number of rotatable bonds is 7. The summed E-state index contributed by atoms with van der Waals surface area (Å²) >= 11 is 1.14. The van der Waals surface area contributed by atoms with E-state index in [0.29, 0.717) is 19.0 Å². The molecule has 2 heterocycles. The van der Waals surface area contributed by atoms with Crippen LogP contribution < -0.4 is 15.8 Å². The fourth-order valence-electron chi connectivity index (χ4n) is 2.31. The van der Waals surface area contributed by atoms with E-state index in [2.05, 4.69) is 20.8 Å². The first-order chi connectivity index (χ1) is 11.9. The molecule has 0 bridgehead atoms. The topological polar surface area (TPSA) is 123 Å². The predicted octanol–water partition coefficient (Wildman–Crippen LogP) is 1.37. The van der Waals surface area contributed by atoms with Crippen LogP contribution in [-0.2, 0) is 36.0 Å². The van der Waals surface area contributed by atoms with Gasteiger partial charge in [0.1, 0.15) is 9.97 Å². The molecule has 138 valence electrons. The fourth-order valence-corrected chi connectivity index (χ4v) is 4.03. The van der Waals surface area contributed by atoms with Crippen LogP contribution in [0, 0.1) is 0 Å². The number of hydrogen-bond donors (Lipinski definition) is 3. The highest BCUT2D eigenvalue weighted by molar-refractivity contribution is 7.91. The number of guanidine groups is 1. The molecular formula is C15H23N5O3S2. The summed E-state index contributed by atoms with van der Waals surface area (Å²) in [5, 5.41) is 15.6. The summed E-state index contributed by atoms with van der Waals surface area (Å²) in [4.78, 5) is 5.02. The molecular weight excluding hydrogens is 362 g/mol. The van der Waals surface area contributed by atoms with Crippen molar-refractivity contribution in [1.29, 1.82) is 0 Å². The van der Waals surface area contributed by atoms with Crippen molar-refractivity contribution >= 4 is 27.3 Å². The maximum atomic E-state index is 11.3. The first-order valence-corrected chi connectivity index (χ1v) is 10.3. The molecule has 0 aliphatic rings. The lowest BCUT2D eigenvalue weighted by atomic mass is 10.1. The number of aliphatic imine (C=N–C) groups is 1. The van der Waals surface area contributed by atoms with Crippen molar-refractivity contribution in [3.8, 4) is 0 Å². The molecule has 25 heavy (non-hydrogen) atoms. The van der Waals surface area contributed by atoms with Crippen LogP contribution in [0.2, 0.25) is 0 Å². The van der Waals surface area contributed by atoms with Crippen LogP contribution in [0.5, 0.6) is 0 Å². The smallest absolute Gasteiger partial charge is 0.247 e. The van der Waals surface area contributed by atoms with E-state index in [1.165, 1.54) is 6.07 Å². The minimum Gasteiger partial charge on any atom is -0.361 e. The van der Waals surface area contributed by atoms with E-state index in [-0.39, 0.29) is 4.21 Å². The number of nitrogens with zero attached hydrogens (tertiary/aromatic N) is 2. The molecule has 4 N–H and O–H groups in total. The summed E-state index contributed by atoms with van der Waals surface area (Å²) in [5.74, 6) is 1.48. The molecule has 2 aromatic rings. The van der Waals surface area contributed by atoms with Crippen LogP contribution in [0.3, 0.4) is 0 Å². The van der Waals surface area contributed by atoms with E-state index < -0.39 is 10.0 Å². The number of nitrogens with one attached hydrogen (secondary N) is 2. The second-order valence-electron chi connectivity index (χ2n) is 5.28. The van der Waals surface area contributed by atoms with E-state index in [9.17, 15) is 8.42 Å². The monoisotopic (exact) mass is 385 g/mol. The number of primary sulfonamides is 1. The Kier molecular flexibility index (Phi) is 6.57. The minimum atomic E-state index is -3.65. The number of hydrogen-bond acceptors (Lipinski definition) is 6. The highest BCUT2D eigenvalue weighted by Crippen LogP contribution is 2.20. The standard InChI is InChI=1S/C15H23N5O3S2/c1-4-12-11(13(5-2)23-20-12)9-19-15(17-3)18-8-10-6-7-14(24-10)25(16,21)22/h6-7H,4-5,8-9H2,1-3H3,(H2,16,21,22)(H2,17,18,19). The van der Waals surface area contributed by atoms with Gasteiger partial charge in [-0.25, -0.2) is 13.6 Å². The van der Waals surface area contributed by atoms with Gasteiger partial charge in [0.05, 0.1) is 12.2 Å². The van der Waals surface area contributed by atoms with Crippen LogP contribution in [0.4, 0.5) is 0 Å². The third-order valence-corrected chi connectivity index (χ3v) is 6.13. The molecule has 0 saturated heterocycles. The summed E-state index contributed by atoms with van der Waals surface area (Å²) < 4.78 is 28.1. The number of sulfonamides is 1. The van der Waals surface area contributed by atoms with Gasteiger partial charge in [-0.15, -0.1) is 11.3 Å². The summed E-state index contributed by atoms with van der Waals surface area (Å²) in [7, 11) is -1.98. The van der Waals surface area contributed by atoms with Crippen molar-refractivity contribution in [2.24, 2.45) is 10.1 Å². The van der Waals surface area contributed by atoms with E-state index in [4.69, 9.17) is 9.66 Å². The fraction of sp³-hybridized carbons (Fsp3) is 0.467. The average Bonchev–Trinajstić information content (AvgIpc) is 3.20. The van der Waals surface area contributed by atoms with Crippen molar-refractivity contribution in [3.05, 3.63) is 34.0 Å². The van der Waals surface area contributed by atoms with Gasteiger partial charge in [0, 0.05) is 30.5 Å². The Morgan fingerprint density at radius 1 is 1.28 bits per heavy atom. The third kappa shape index (κ3) is 5.03. The lowest BCUT2D eigenvalue weighted by Crippen LogP contribution is -2.36. The summed E-state index contributed by atoms with van der Waals surface area (Å²) in [6, 6.07) is 3.24. The first kappa shape index (κ1) is 19.4. The largest absolute Gasteiger partial charge is 0.361 e. The lowest BCUT2D eigenvalue weighted by molar-refractivity contribution is 0.380. The van der Waals surface area contributed by atoms with Gasteiger partial charge >= 0.3 is 0 Å². The van der Waals surface area contributed by atoms with Gasteiger partial charge in [-0.3, -0.25) is 4.99 Å². The van der Waals surface area contributed by atoms with Gasteiger partial charge in [0.2, 0.25) is 10.0 Å². The molecule has 0 fully saturated rings. The van der Waals surface area contributed by atoms with Gasteiger partial charge in [-0.05, 0) is 18.6 Å². The molecule has 8 nitrogen and oxygen atoms in total. The summed E-state index contributed by atoms with van der Waals surface area (Å²) in [5.41, 5.74) is 2.00. The van der Waals surface area contributed by atoms with Gasteiger partial charge < -0.3 is 15.2 Å². The molecule has 0 aromatic carbocycles. The van der Waals surface area contributed by atoms with Crippen LogP contribution in [0.1, 0.15) is 35.7 Å². The molecule has 0 amide bonds. The Hall–Kier alpha value is -1.91. The number of aromatic nitrogens is 1. The van der Waals surface area contributed by atoms with Crippen molar-refractivity contribution in [2.75, 3.05) is 7.05 Å². The molecule has 0 spiro atoms. The summed E-state index contributed by atoms with van der Waals surface area (Å²) in [6.45, 7) is 5.07. The van der Waals surface area contributed by atoms with Crippen LogP contribution >= 0.6 is 11.3 Å². The van der Waals surface area contributed by atoms with Crippen molar-refractivity contribution in [2.45, 2.75) is 44.0 Å². The lowest BCUT2D eigenvalue weighted by Gasteiger charge is -2.11. The van der Waals surface area contributed by atoms with Crippen molar-refractivity contribution in [3.63, 3.8) is 0 Å². The summed E-state index contributed by atoms with van der Waals surface area (Å²) in [6.07, 6.45) is 1.58. The van der Waals surface area contributed by atoms with Gasteiger partial charge in [0.25, 0.3) is 0 Å². The molecule has 0 unspecified atom stereocenters. The Morgan fingerprint density at radius 3 is 2.56 bits per heavy atom. The molecule has 0 aliphatic heterocycles. The first-order valence-electron chi connectivity index (χ1n) is 7.91. The van der Waals surface area contributed by atoms with Crippen LogP contribution in [0.15, 0.2) is 25.9 Å². The zero-order chi connectivity index (χ0) is 18.4. The minimum absolute atomic E-state index is 0.150. The second-order valence-corrected chi connectivity index (χ2v) is 8.24. The predicted molar refractivity (Wildman–Crippen MR) is 98.0 cm³/mol. The molecule has 0 atom stereocenters. The number of nitrogens with two attached hydrogens (primary N) is 1. The zero-order valence-electron chi connectivity index (χ0n) is 14.5. The maximum absolute atomic E-state index is 11.3. The molecule has 0 saturated carbocycles. The quantitative estimate of drug-likeness (QED) is 0.489. The Bertz CT molecular complexity index is 818. The van der Waals surface area contributed by atoms with Crippen LogP contribution in [0.25, 0.3) is 0 Å². The Morgan fingerprint density at radius 2 is 2.00 bits per heavy atom. The van der Waals surface area contributed by atoms with Gasteiger partial charge in [-0.1, -0.05) is 19.0 Å². The van der Waals surface area contributed by atoms with E-state index in [0.717, 1.165) is 46.1 Å². The number of aryl methyl sites for hydroxylation is 2. The SMILES string of the molecule is CCc1noc(CC)c1CNC(=NC)NCc1ccc(S(N)(=O)=O)s1. The molecule has 2 rings (SSSR count). The Balaban J connectivity index is 1.96. The number of thiophene rings is 1. The van der Waals surface area contributed by atoms with E-state index >= 15 is 0 Å². The molecule has 10 heteroatoms. The van der Waals surface area contributed by atoms with Gasteiger partial charge in [-0.2, -0.15) is 0 Å². The van der Waals surface area contributed by atoms with E-state index in [1.807, 2.05) is 13.8 Å². The zero-order valence-corrected chi connectivity index (χ0v) is 16.1.